The molecule has 0 radical (unpaired) electrons. The molecule has 18 heavy (non-hydrogen) atoms. The first-order valence-electron chi connectivity index (χ1n) is 5.77. The number of hydrogen-bond acceptors (Lipinski definition) is 3. The summed E-state index contributed by atoms with van der Waals surface area (Å²) < 4.78 is 5.39. The van der Waals surface area contributed by atoms with Crippen molar-refractivity contribution in [2.24, 2.45) is 0 Å². The molecule has 0 fully saturated rings. The third-order valence-electron chi connectivity index (χ3n) is 2.43. The molecule has 0 aliphatic heterocycles. The van der Waals surface area contributed by atoms with E-state index in [9.17, 15) is 0 Å². The highest BCUT2D eigenvalue weighted by Gasteiger charge is 1.97. The van der Waals surface area contributed by atoms with Gasteiger partial charge in [-0.1, -0.05) is 24.1 Å². The van der Waals surface area contributed by atoms with Gasteiger partial charge in [-0.15, -0.1) is 17.8 Å². The first kappa shape index (κ1) is 12.7. The van der Waals surface area contributed by atoms with Gasteiger partial charge in [0.1, 0.15) is 12.4 Å². The van der Waals surface area contributed by atoms with Gasteiger partial charge in [0, 0.05) is 18.0 Å². The van der Waals surface area contributed by atoms with Crippen LogP contribution in [0.5, 0.6) is 5.75 Å². The van der Waals surface area contributed by atoms with Crippen molar-refractivity contribution in [3.63, 3.8) is 0 Å². The molecule has 0 amide bonds. The zero-order valence-electron chi connectivity index (χ0n) is 10.1. The molecule has 2 nitrogen and oxygen atoms in total. The van der Waals surface area contributed by atoms with Crippen LogP contribution in [0, 0.1) is 12.3 Å². The monoisotopic (exact) mass is 257 g/mol. The Labute approximate surface area is 112 Å². The second-order valence-corrected chi connectivity index (χ2v) is 4.86. The fourth-order valence-corrected chi connectivity index (χ4v) is 2.29. The minimum atomic E-state index is 0.312. The van der Waals surface area contributed by atoms with Crippen molar-refractivity contribution in [3.05, 3.63) is 52.2 Å². The maximum atomic E-state index is 5.39. The zero-order chi connectivity index (χ0) is 12.6. The number of nitrogens with one attached hydrogen (secondary N) is 1. The molecular formula is C15H15NOS. The lowest BCUT2D eigenvalue weighted by molar-refractivity contribution is 0.370. The predicted octanol–water partition coefficient (Wildman–Crippen LogP) is 3.05. The number of benzene rings is 1. The molecule has 1 N–H and O–H groups in total. The molecule has 1 aromatic carbocycles. The van der Waals surface area contributed by atoms with Crippen molar-refractivity contribution in [1.29, 1.82) is 0 Å². The van der Waals surface area contributed by atoms with Gasteiger partial charge < -0.3 is 10.1 Å². The van der Waals surface area contributed by atoms with Crippen LogP contribution in [0.15, 0.2) is 41.8 Å². The molecule has 0 unspecified atom stereocenters. The second-order valence-electron chi connectivity index (χ2n) is 3.82. The van der Waals surface area contributed by atoms with E-state index in [0.29, 0.717) is 6.61 Å². The lowest BCUT2D eigenvalue weighted by atomic mass is 10.2. The summed E-state index contributed by atoms with van der Waals surface area (Å²) in [6.45, 7) is 2.03. The number of hydrogen-bond donors (Lipinski definition) is 1. The molecule has 0 aliphatic carbocycles. The van der Waals surface area contributed by atoms with Gasteiger partial charge in [0.05, 0.1) is 0 Å². The Bertz CT molecular complexity index is 514. The SMILES string of the molecule is C#CCOc1cccc(CNCc2cccs2)c1. The van der Waals surface area contributed by atoms with Gasteiger partial charge in [0.25, 0.3) is 0 Å². The minimum Gasteiger partial charge on any atom is -0.481 e. The third-order valence-corrected chi connectivity index (χ3v) is 3.31. The Balaban J connectivity index is 1.83. The number of terminal acetylenes is 1. The second kappa shape index (κ2) is 6.85. The molecule has 3 heteroatoms. The summed E-state index contributed by atoms with van der Waals surface area (Å²) in [6, 6.07) is 12.2. The van der Waals surface area contributed by atoms with Crippen LogP contribution >= 0.6 is 11.3 Å². The smallest absolute Gasteiger partial charge is 0.148 e. The van der Waals surface area contributed by atoms with E-state index >= 15 is 0 Å². The molecule has 1 aromatic heterocycles. The summed E-state index contributed by atoms with van der Waals surface area (Å²) in [7, 11) is 0. The standard InChI is InChI=1S/C15H15NOS/c1-2-8-17-14-6-3-5-13(10-14)11-16-12-15-7-4-9-18-15/h1,3-7,9-10,16H,8,11-12H2. The van der Waals surface area contributed by atoms with Crippen LogP contribution < -0.4 is 10.1 Å². The Morgan fingerprint density at radius 2 is 2.17 bits per heavy atom. The lowest BCUT2D eigenvalue weighted by Crippen LogP contribution is -2.11. The van der Waals surface area contributed by atoms with Crippen LogP contribution in [-0.4, -0.2) is 6.61 Å². The molecule has 0 aliphatic rings. The first-order valence-corrected chi connectivity index (χ1v) is 6.65. The van der Waals surface area contributed by atoms with Gasteiger partial charge in [0.15, 0.2) is 0 Å². The van der Waals surface area contributed by atoms with Crippen LogP contribution in [0.25, 0.3) is 0 Å². The topological polar surface area (TPSA) is 21.3 Å². The van der Waals surface area contributed by atoms with Gasteiger partial charge in [-0.25, -0.2) is 0 Å². The normalized spacial score (nSPS) is 9.94. The van der Waals surface area contributed by atoms with E-state index in [-0.39, 0.29) is 0 Å². The summed E-state index contributed by atoms with van der Waals surface area (Å²) in [6.07, 6.45) is 5.16. The molecule has 92 valence electrons. The quantitative estimate of drug-likeness (QED) is 0.803. The van der Waals surface area contributed by atoms with Crippen LogP contribution in [0.2, 0.25) is 0 Å². The van der Waals surface area contributed by atoms with E-state index in [0.717, 1.165) is 18.8 Å². The molecule has 2 aromatic rings. The maximum Gasteiger partial charge on any atom is 0.148 e. The largest absolute Gasteiger partial charge is 0.481 e. The van der Waals surface area contributed by atoms with Crippen LogP contribution in [0.3, 0.4) is 0 Å². The van der Waals surface area contributed by atoms with Crippen molar-refractivity contribution in [1.82, 2.24) is 5.32 Å². The van der Waals surface area contributed by atoms with Crippen molar-refractivity contribution < 1.29 is 4.74 Å². The fraction of sp³-hybridized carbons (Fsp3) is 0.200. The average molecular weight is 257 g/mol. The summed E-state index contributed by atoms with van der Waals surface area (Å²) in [5.41, 5.74) is 1.20. The van der Waals surface area contributed by atoms with Gasteiger partial charge in [0.2, 0.25) is 0 Å². The zero-order valence-corrected chi connectivity index (χ0v) is 10.9. The molecule has 0 saturated carbocycles. The van der Waals surface area contributed by atoms with Gasteiger partial charge >= 0.3 is 0 Å². The fourth-order valence-electron chi connectivity index (χ4n) is 1.61. The maximum absolute atomic E-state index is 5.39. The van der Waals surface area contributed by atoms with Crippen molar-refractivity contribution >= 4 is 11.3 Å². The van der Waals surface area contributed by atoms with Gasteiger partial charge in [-0.05, 0) is 29.1 Å². The Morgan fingerprint density at radius 3 is 2.94 bits per heavy atom. The van der Waals surface area contributed by atoms with Gasteiger partial charge in [-0.3, -0.25) is 0 Å². The van der Waals surface area contributed by atoms with Gasteiger partial charge in [-0.2, -0.15) is 0 Å². The number of thiophene rings is 1. The lowest BCUT2D eigenvalue weighted by Gasteiger charge is -2.06. The molecular weight excluding hydrogens is 242 g/mol. The van der Waals surface area contributed by atoms with E-state index in [2.05, 4.69) is 34.8 Å². The Morgan fingerprint density at radius 1 is 1.22 bits per heavy atom. The van der Waals surface area contributed by atoms with Crippen LogP contribution in [-0.2, 0) is 13.1 Å². The number of rotatable bonds is 6. The molecule has 2 rings (SSSR count). The summed E-state index contributed by atoms with van der Waals surface area (Å²) in [5.74, 6) is 3.28. The van der Waals surface area contributed by atoms with E-state index < -0.39 is 0 Å². The molecule has 0 saturated heterocycles. The predicted molar refractivity (Wildman–Crippen MR) is 75.6 cm³/mol. The molecule has 0 spiro atoms. The van der Waals surface area contributed by atoms with E-state index in [1.54, 1.807) is 11.3 Å². The first-order chi connectivity index (χ1) is 8.88. The molecule has 0 bridgehead atoms. The van der Waals surface area contributed by atoms with E-state index in [1.165, 1.54) is 10.4 Å². The third kappa shape index (κ3) is 3.92. The Hall–Kier alpha value is -1.76. The van der Waals surface area contributed by atoms with Crippen molar-refractivity contribution in [3.8, 4) is 18.1 Å². The summed E-state index contributed by atoms with van der Waals surface area (Å²) in [5, 5.41) is 5.49. The van der Waals surface area contributed by atoms with E-state index in [4.69, 9.17) is 11.2 Å². The van der Waals surface area contributed by atoms with Crippen LogP contribution in [0.4, 0.5) is 0 Å². The summed E-state index contributed by atoms with van der Waals surface area (Å²) in [4.78, 5) is 1.34. The van der Waals surface area contributed by atoms with Crippen molar-refractivity contribution in [2.75, 3.05) is 6.61 Å². The summed E-state index contributed by atoms with van der Waals surface area (Å²) >= 11 is 1.76. The highest BCUT2D eigenvalue weighted by molar-refractivity contribution is 7.09. The Kier molecular flexibility index (Phi) is 4.83. The van der Waals surface area contributed by atoms with Crippen molar-refractivity contribution in [2.45, 2.75) is 13.1 Å². The average Bonchev–Trinajstić information content (AvgIpc) is 2.90. The minimum absolute atomic E-state index is 0.312. The molecule has 1 heterocycles. The molecule has 0 atom stereocenters. The van der Waals surface area contributed by atoms with Crippen LogP contribution in [0.1, 0.15) is 10.4 Å². The highest BCUT2D eigenvalue weighted by Crippen LogP contribution is 2.13. The highest BCUT2D eigenvalue weighted by atomic mass is 32.1. The van der Waals surface area contributed by atoms with E-state index in [1.807, 2.05) is 18.2 Å². The number of ether oxygens (including phenoxy) is 1.